The first-order valence-corrected chi connectivity index (χ1v) is 8.04. The van der Waals surface area contributed by atoms with Crippen LogP contribution in [0.1, 0.15) is 24.1 Å². The first-order valence-electron chi connectivity index (χ1n) is 8.04. The van der Waals surface area contributed by atoms with E-state index < -0.39 is 29.3 Å². The second-order valence-corrected chi connectivity index (χ2v) is 5.98. The maximum atomic E-state index is 14.3. The lowest BCUT2D eigenvalue weighted by Gasteiger charge is -2.27. The summed E-state index contributed by atoms with van der Waals surface area (Å²) in [5.41, 5.74) is 1.17. The van der Waals surface area contributed by atoms with E-state index in [1.807, 2.05) is 30.3 Å². The Morgan fingerprint density at radius 1 is 1.12 bits per heavy atom. The van der Waals surface area contributed by atoms with Gasteiger partial charge in [-0.1, -0.05) is 48.5 Å². The molecule has 5 heteroatoms. The standard InChI is InChI=1S/C20H18FNO3/c1-13(23)17-18(15-9-5-6-10-16(15)21)22(20(25)19(17)24)12-11-14-7-3-2-4-8-14/h2-10,18,24H,11-12H2,1H3. The molecule has 0 saturated heterocycles. The highest BCUT2D eigenvalue weighted by Gasteiger charge is 2.42. The molecule has 1 N–H and O–H groups in total. The number of nitrogens with zero attached hydrogens (tertiary/aromatic N) is 1. The first kappa shape index (κ1) is 16.9. The summed E-state index contributed by atoms with van der Waals surface area (Å²) < 4.78 is 14.3. The summed E-state index contributed by atoms with van der Waals surface area (Å²) in [6.45, 7) is 1.54. The Labute approximate surface area is 145 Å². The van der Waals surface area contributed by atoms with E-state index in [1.54, 1.807) is 12.1 Å². The molecular formula is C20H18FNO3. The van der Waals surface area contributed by atoms with E-state index in [0.29, 0.717) is 6.42 Å². The average molecular weight is 339 g/mol. The largest absolute Gasteiger partial charge is 0.503 e. The van der Waals surface area contributed by atoms with Crippen LogP contribution in [0.3, 0.4) is 0 Å². The van der Waals surface area contributed by atoms with Crippen molar-refractivity contribution in [2.24, 2.45) is 0 Å². The summed E-state index contributed by atoms with van der Waals surface area (Å²) >= 11 is 0. The number of rotatable bonds is 5. The topological polar surface area (TPSA) is 57.6 Å². The summed E-state index contributed by atoms with van der Waals surface area (Å²) in [6, 6.07) is 14.6. The van der Waals surface area contributed by atoms with E-state index in [1.165, 1.54) is 24.0 Å². The van der Waals surface area contributed by atoms with E-state index in [9.17, 15) is 19.1 Å². The van der Waals surface area contributed by atoms with Crippen LogP contribution in [0.15, 0.2) is 65.9 Å². The fourth-order valence-electron chi connectivity index (χ4n) is 3.16. The van der Waals surface area contributed by atoms with Crippen molar-refractivity contribution < 1.29 is 19.1 Å². The molecule has 1 heterocycles. The van der Waals surface area contributed by atoms with Crippen molar-refractivity contribution in [2.45, 2.75) is 19.4 Å². The van der Waals surface area contributed by atoms with Gasteiger partial charge in [0.05, 0.1) is 11.6 Å². The van der Waals surface area contributed by atoms with Crippen molar-refractivity contribution in [3.05, 3.63) is 82.9 Å². The van der Waals surface area contributed by atoms with Crippen molar-refractivity contribution in [2.75, 3.05) is 6.54 Å². The lowest BCUT2D eigenvalue weighted by Crippen LogP contribution is -2.33. The molecule has 0 bridgehead atoms. The maximum absolute atomic E-state index is 14.3. The third-order valence-corrected chi connectivity index (χ3v) is 4.37. The Hall–Kier alpha value is -2.95. The predicted octanol–water partition coefficient (Wildman–Crippen LogP) is 3.35. The van der Waals surface area contributed by atoms with Gasteiger partial charge in [-0.15, -0.1) is 0 Å². The van der Waals surface area contributed by atoms with Crippen LogP contribution in [0.2, 0.25) is 0 Å². The van der Waals surface area contributed by atoms with Gasteiger partial charge in [0, 0.05) is 12.1 Å². The van der Waals surface area contributed by atoms with E-state index in [-0.39, 0.29) is 17.7 Å². The Morgan fingerprint density at radius 3 is 2.40 bits per heavy atom. The van der Waals surface area contributed by atoms with Gasteiger partial charge in [-0.05, 0) is 25.0 Å². The summed E-state index contributed by atoms with van der Waals surface area (Å²) in [5.74, 6) is -2.19. The van der Waals surface area contributed by atoms with Gasteiger partial charge in [0.2, 0.25) is 0 Å². The van der Waals surface area contributed by atoms with Gasteiger partial charge in [-0.2, -0.15) is 0 Å². The van der Waals surface area contributed by atoms with Gasteiger partial charge in [-0.25, -0.2) is 4.39 Å². The fraction of sp³-hybridized carbons (Fsp3) is 0.200. The lowest BCUT2D eigenvalue weighted by molar-refractivity contribution is -0.129. The fourth-order valence-corrected chi connectivity index (χ4v) is 3.16. The molecule has 25 heavy (non-hydrogen) atoms. The molecule has 1 unspecified atom stereocenters. The number of amides is 1. The number of hydrogen-bond acceptors (Lipinski definition) is 3. The molecule has 128 valence electrons. The van der Waals surface area contributed by atoms with Crippen LogP contribution in [-0.4, -0.2) is 28.2 Å². The van der Waals surface area contributed by atoms with Crippen LogP contribution in [0.25, 0.3) is 0 Å². The summed E-state index contributed by atoms with van der Waals surface area (Å²) in [6.07, 6.45) is 0.538. The summed E-state index contributed by atoms with van der Waals surface area (Å²) in [7, 11) is 0. The number of aliphatic hydroxyl groups is 1. The highest BCUT2D eigenvalue weighted by atomic mass is 19.1. The van der Waals surface area contributed by atoms with Gasteiger partial charge in [0.25, 0.3) is 5.91 Å². The number of halogens is 1. The first-order chi connectivity index (χ1) is 12.0. The number of ketones is 1. The van der Waals surface area contributed by atoms with Crippen molar-refractivity contribution in [1.82, 2.24) is 4.90 Å². The van der Waals surface area contributed by atoms with E-state index in [0.717, 1.165) is 5.56 Å². The number of benzene rings is 2. The van der Waals surface area contributed by atoms with Crippen LogP contribution < -0.4 is 0 Å². The molecular weight excluding hydrogens is 321 g/mol. The van der Waals surface area contributed by atoms with Crippen molar-refractivity contribution in [3.63, 3.8) is 0 Å². The van der Waals surface area contributed by atoms with E-state index in [4.69, 9.17) is 0 Å². The number of aliphatic hydroxyl groups excluding tert-OH is 1. The zero-order chi connectivity index (χ0) is 18.0. The van der Waals surface area contributed by atoms with Gasteiger partial charge in [0.1, 0.15) is 5.82 Å². The molecule has 1 aliphatic heterocycles. The normalized spacial score (nSPS) is 17.3. The molecule has 2 aromatic rings. The van der Waals surface area contributed by atoms with Crippen LogP contribution in [-0.2, 0) is 16.0 Å². The quantitative estimate of drug-likeness (QED) is 0.909. The zero-order valence-electron chi connectivity index (χ0n) is 13.8. The Kier molecular flexibility index (Phi) is 4.65. The Bertz CT molecular complexity index is 845. The Balaban J connectivity index is 1.97. The highest BCUT2D eigenvalue weighted by Crippen LogP contribution is 2.38. The zero-order valence-corrected chi connectivity index (χ0v) is 13.8. The third kappa shape index (κ3) is 3.18. The average Bonchev–Trinajstić information content (AvgIpc) is 2.85. The highest BCUT2D eigenvalue weighted by molar-refractivity contribution is 6.08. The van der Waals surface area contributed by atoms with Gasteiger partial charge < -0.3 is 10.0 Å². The maximum Gasteiger partial charge on any atom is 0.290 e. The Morgan fingerprint density at radius 2 is 1.76 bits per heavy atom. The molecule has 0 aromatic heterocycles. The second kappa shape index (κ2) is 6.89. The third-order valence-electron chi connectivity index (χ3n) is 4.37. The van der Waals surface area contributed by atoms with Crippen LogP contribution in [0.4, 0.5) is 4.39 Å². The van der Waals surface area contributed by atoms with Gasteiger partial charge >= 0.3 is 0 Å². The van der Waals surface area contributed by atoms with Gasteiger partial charge in [-0.3, -0.25) is 9.59 Å². The van der Waals surface area contributed by atoms with Crippen molar-refractivity contribution in [1.29, 1.82) is 0 Å². The number of Topliss-reactive ketones (excluding diaryl/α,β-unsaturated/α-hetero) is 1. The number of hydrogen-bond donors (Lipinski definition) is 1. The monoisotopic (exact) mass is 339 g/mol. The molecule has 3 rings (SSSR count). The van der Waals surface area contributed by atoms with Crippen LogP contribution in [0.5, 0.6) is 0 Å². The minimum Gasteiger partial charge on any atom is -0.503 e. The molecule has 0 saturated carbocycles. The van der Waals surface area contributed by atoms with Crippen LogP contribution >= 0.6 is 0 Å². The second-order valence-electron chi connectivity index (χ2n) is 5.98. The molecule has 0 radical (unpaired) electrons. The van der Waals surface area contributed by atoms with Crippen molar-refractivity contribution >= 4 is 11.7 Å². The predicted molar refractivity (Wildman–Crippen MR) is 91.3 cm³/mol. The number of carbonyl (C=O) groups is 2. The lowest BCUT2D eigenvalue weighted by atomic mass is 9.96. The van der Waals surface area contributed by atoms with Crippen LogP contribution in [0, 0.1) is 5.82 Å². The molecule has 0 spiro atoms. The van der Waals surface area contributed by atoms with E-state index >= 15 is 0 Å². The molecule has 1 aliphatic rings. The minimum absolute atomic E-state index is 0.0526. The minimum atomic E-state index is -0.907. The summed E-state index contributed by atoms with van der Waals surface area (Å²) in [4.78, 5) is 25.8. The smallest absolute Gasteiger partial charge is 0.290 e. The molecule has 1 atom stereocenters. The molecule has 2 aromatic carbocycles. The van der Waals surface area contributed by atoms with E-state index in [2.05, 4.69) is 0 Å². The van der Waals surface area contributed by atoms with Gasteiger partial charge in [0.15, 0.2) is 11.5 Å². The molecule has 0 aliphatic carbocycles. The SMILES string of the molecule is CC(=O)C1=C(O)C(=O)N(CCc2ccccc2)C1c1ccccc1F. The molecule has 0 fully saturated rings. The molecule has 4 nitrogen and oxygen atoms in total. The van der Waals surface area contributed by atoms with Crippen molar-refractivity contribution in [3.8, 4) is 0 Å². The molecule has 1 amide bonds. The number of carbonyl (C=O) groups excluding carboxylic acids is 2. The summed E-state index contributed by atoms with van der Waals surface area (Å²) in [5, 5.41) is 10.2.